The highest BCUT2D eigenvalue weighted by atomic mass is 32.2. The highest BCUT2D eigenvalue weighted by Crippen LogP contribution is 2.16. The van der Waals surface area contributed by atoms with E-state index in [1.54, 1.807) is 20.8 Å². The van der Waals surface area contributed by atoms with Crippen molar-refractivity contribution in [2.45, 2.75) is 25.5 Å². The molecule has 0 spiro atoms. The molecule has 7 heteroatoms. The first-order valence-electron chi connectivity index (χ1n) is 4.51. The fourth-order valence-corrected chi connectivity index (χ4v) is 2.39. The summed E-state index contributed by atoms with van der Waals surface area (Å²) in [5.41, 5.74) is 0. The summed E-state index contributed by atoms with van der Waals surface area (Å²) in [7, 11) is -5.19. The van der Waals surface area contributed by atoms with Gasteiger partial charge in [-0.25, -0.2) is 21.1 Å². The van der Waals surface area contributed by atoms with Crippen LogP contribution in [0.2, 0.25) is 0 Å². The SMILES string of the molecule is CN(CCS(=O)(=O)C(C)(C)C)S(C)(=O)=O. The van der Waals surface area contributed by atoms with E-state index in [1.165, 1.54) is 7.05 Å². The van der Waals surface area contributed by atoms with E-state index in [9.17, 15) is 16.8 Å². The zero-order valence-electron chi connectivity index (χ0n) is 9.81. The Hall–Kier alpha value is -0.140. The molecule has 0 N–H and O–H groups in total. The fraction of sp³-hybridized carbons (Fsp3) is 1.00. The molecule has 5 nitrogen and oxygen atoms in total. The van der Waals surface area contributed by atoms with Crippen LogP contribution >= 0.6 is 0 Å². The van der Waals surface area contributed by atoms with Crippen molar-refractivity contribution in [1.82, 2.24) is 4.31 Å². The molecule has 0 bridgehead atoms. The second-order valence-corrected chi connectivity index (χ2v) is 9.47. The molecule has 92 valence electrons. The van der Waals surface area contributed by atoms with Gasteiger partial charge in [-0.2, -0.15) is 0 Å². The van der Waals surface area contributed by atoms with Crippen LogP contribution in [0.3, 0.4) is 0 Å². The standard InChI is InChI=1S/C8H19NO4S2/c1-8(2,3)15(12,13)7-6-9(4)14(5,10)11/h6-7H2,1-5H3. The van der Waals surface area contributed by atoms with E-state index in [0.29, 0.717) is 0 Å². The molecule has 0 saturated heterocycles. The van der Waals surface area contributed by atoms with Gasteiger partial charge in [0.15, 0.2) is 9.84 Å². The molecule has 0 radical (unpaired) electrons. The van der Waals surface area contributed by atoms with Gasteiger partial charge in [-0.3, -0.25) is 0 Å². The Morgan fingerprint density at radius 3 is 1.73 bits per heavy atom. The minimum absolute atomic E-state index is 0.00155. The largest absolute Gasteiger partial charge is 0.228 e. The molecule has 0 aliphatic heterocycles. The lowest BCUT2D eigenvalue weighted by molar-refractivity contribution is 0.486. The molecule has 0 aromatic carbocycles. The lowest BCUT2D eigenvalue weighted by Gasteiger charge is -2.21. The van der Waals surface area contributed by atoms with Crippen LogP contribution < -0.4 is 0 Å². The Balaban J connectivity index is 4.57. The normalized spacial score (nSPS) is 14.5. The smallest absolute Gasteiger partial charge is 0.210 e. The van der Waals surface area contributed by atoms with Crippen LogP contribution in [0.1, 0.15) is 20.8 Å². The van der Waals surface area contributed by atoms with Gasteiger partial charge in [-0.15, -0.1) is 0 Å². The molecule has 0 heterocycles. The molecule has 0 aliphatic carbocycles. The average molecular weight is 257 g/mol. The van der Waals surface area contributed by atoms with Crippen LogP contribution in [0, 0.1) is 0 Å². The van der Waals surface area contributed by atoms with Gasteiger partial charge in [-0.1, -0.05) is 0 Å². The van der Waals surface area contributed by atoms with Crippen LogP contribution in [0.25, 0.3) is 0 Å². The van der Waals surface area contributed by atoms with Gasteiger partial charge in [0.1, 0.15) is 0 Å². The summed E-state index contributed by atoms with van der Waals surface area (Å²) >= 11 is 0. The van der Waals surface area contributed by atoms with Crippen LogP contribution in [0.5, 0.6) is 0 Å². The molecular weight excluding hydrogens is 238 g/mol. The predicted molar refractivity (Wildman–Crippen MR) is 61.0 cm³/mol. The van der Waals surface area contributed by atoms with Crippen LogP contribution in [0.4, 0.5) is 0 Å². The van der Waals surface area contributed by atoms with Crippen molar-refractivity contribution < 1.29 is 16.8 Å². The maximum absolute atomic E-state index is 11.7. The summed E-state index contributed by atoms with van der Waals surface area (Å²) in [5.74, 6) is -0.153. The molecule has 0 rings (SSSR count). The topological polar surface area (TPSA) is 71.5 Å². The third kappa shape index (κ3) is 4.48. The zero-order chi connectivity index (χ0) is 12.5. The van der Waals surface area contributed by atoms with Crippen LogP contribution in [0.15, 0.2) is 0 Å². The van der Waals surface area contributed by atoms with Crippen molar-refractivity contribution in [3.63, 3.8) is 0 Å². The van der Waals surface area contributed by atoms with E-state index < -0.39 is 24.6 Å². The number of sulfone groups is 1. The summed E-state index contributed by atoms with van der Waals surface area (Å²) in [4.78, 5) is 0. The van der Waals surface area contributed by atoms with Gasteiger partial charge >= 0.3 is 0 Å². The van der Waals surface area contributed by atoms with E-state index in [1.807, 2.05) is 0 Å². The van der Waals surface area contributed by atoms with Crippen LogP contribution in [-0.2, 0) is 19.9 Å². The molecule has 0 atom stereocenters. The maximum atomic E-state index is 11.7. The second kappa shape index (κ2) is 4.39. The molecule has 15 heavy (non-hydrogen) atoms. The van der Waals surface area contributed by atoms with Crippen molar-refractivity contribution in [3.05, 3.63) is 0 Å². The third-order valence-electron chi connectivity index (χ3n) is 2.17. The Kier molecular flexibility index (Phi) is 4.35. The summed E-state index contributed by atoms with van der Waals surface area (Å²) in [6.45, 7) is 4.80. The second-order valence-electron chi connectivity index (χ2n) is 4.52. The monoisotopic (exact) mass is 257 g/mol. The van der Waals surface area contributed by atoms with Gasteiger partial charge in [0.2, 0.25) is 10.0 Å². The van der Waals surface area contributed by atoms with Crippen molar-refractivity contribution >= 4 is 19.9 Å². The van der Waals surface area contributed by atoms with E-state index in [2.05, 4.69) is 0 Å². The van der Waals surface area contributed by atoms with E-state index in [0.717, 1.165) is 10.6 Å². The number of rotatable bonds is 4. The summed E-state index contributed by atoms with van der Waals surface area (Å²) < 4.78 is 45.6. The van der Waals surface area contributed by atoms with Crippen molar-refractivity contribution in [1.29, 1.82) is 0 Å². The molecule has 0 aromatic heterocycles. The first-order chi connectivity index (χ1) is 6.38. The molecule has 0 saturated carbocycles. The van der Waals surface area contributed by atoms with Crippen molar-refractivity contribution in [3.8, 4) is 0 Å². The Bertz CT molecular complexity index is 402. The van der Waals surface area contributed by atoms with Gasteiger partial charge in [0, 0.05) is 13.6 Å². The van der Waals surface area contributed by atoms with Gasteiger partial charge in [0.05, 0.1) is 16.8 Å². The lowest BCUT2D eigenvalue weighted by atomic mass is 10.3. The number of hydrogen-bond donors (Lipinski definition) is 0. The van der Waals surface area contributed by atoms with Gasteiger partial charge in [0.25, 0.3) is 0 Å². The zero-order valence-corrected chi connectivity index (χ0v) is 11.4. The number of nitrogens with zero attached hydrogens (tertiary/aromatic N) is 1. The van der Waals surface area contributed by atoms with E-state index in [4.69, 9.17) is 0 Å². The molecular formula is C8H19NO4S2. The Labute approximate surface area is 92.4 Å². The van der Waals surface area contributed by atoms with E-state index in [-0.39, 0.29) is 12.3 Å². The molecule has 0 fully saturated rings. The summed E-state index contributed by atoms with van der Waals surface area (Å²) in [6.07, 6.45) is 1.05. The third-order valence-corrected chi connectivity index (χ3v) is 6.08. The summed E-state index contributed by atoms with van der Waals surface area (Å²) in [5, 5.41) is 0. The number of sulfonamides is 1. The molecule has 0 aromatic rings. The van der Waals surface area contributed by atoms with E-state index >= 15 is 0 Å². The molecule has 0 aliphatic rings. The van der Waals surface area contributed by atoms with Gasteiger partial charge < -0.3 is 0 Å². The minimum Gasteiger partial charge on any atom is -0.228 e. The highest BCUT2D eigenvalue weighted by molar-refractivity contribution is 7.92. The predicted octanol–water partition coefficient (Wildman–Crippen LogP) is 0.0911. The van der Waals surface area contributed by atoms with Crippen LogP contribution in [-0.4, -0.2) is 51.5 Å². The highest BCUT2D eigenvalue weighted by Gasteiger charge is 2.29. The first-order valence-corrected chi connectivity index (χ1v) is 8.01. The summed E-state index contributed by atoms with van der Waals surface area (Å²) in [6, 6.07) is 0. The molecule has 0 amide bonds. The molecule has 0 unspecified atom stereocenters. The maximum Gasteiger partial charge on any atom is 0.210 e. The quantitative estimate of drug-likeness (QED) is 0.715. The van der Waals surface area contributed by atoms with Crippen molar-refractivity contribution in [2.75, 3.05) is 25.6 Å². The Morgan fingerprint density at radius 1 is 1.07 bits per heavy atom. The number of hydrogen-bond acceptors (Lipinski definition) is 4. The average Bonchev–Trinajstić information content (AvgIpc) is 1.96. The fourth-order valence-electron chi connectivity index (χ4n) is 0.721. The Morgan fingerprint density at radius 2 is 1.47 bits per heavy atom. The lowest BCUT2D eigenvalue weighted by Crippen LogP contribution is -2.37. The minimum atomic E-state index is -3.30. The van der Waals surface area contributed by atoms with Crippen molar-refractivity contribution in [2.24, 2.45) is 0 Å². The first kappa shape index (κ1) is 14.9. The van der Waals surface area contributed by atoms with Gasteiger partial charge in [-0.05, 0) is 20.8 Å².